The Balaban J connectivity index is 1.79. The molecule has 2 N–H and O–H groups in total. The molecule has 0 radical (unpaired) electrons. The summed E-state index contributed by atoms with van der Waals surface area (Å²) in [4.78, 5) is 26.7. The fourth-order valence-electron chi connectivity index (χ4n) is 2.48. The van der Waals surface area contributed by atoms with Crippen LogP contribution in [0.4, 0.5) is 0 Å². The van der Waals surface area contributed by atoms with Gasteiger partial charge in [0.15, 0.2) is 5.69 Å². The number of hydrogen-bond acceptors (Lipinski definition) is 6. The van der Waals surface area contributed by atoms with Crippen molar-refractivity contribution in [2.24, 2.45) is 0 Å². The zero-order chi connectivity index (χ0) is 17.0. The predicted octanol–water partition coefficient (Wildman–Crippen LogP) is 2.30. The summed E-state index contributed by atoms with van der Waals surface area (Å²) in [6, 6.07) is 0. The first-order valence-electron chi connectivity index (χ1n) is 7.25. The molecule has 2 aromatic rings. The first-order valence-corrected chi connectivity index (χ1v) is 8.13. The van der Waals surface area contributed by atoms with E-state index >= 15 is 0 Å². The first kappa shape index (κ1) is 17.1. The number of carboxylic acid groups (broad SMARTS) is 1. The van der Waals surface area contributed by atoms with Crippen molar-refractivity contribution < 1.29 is 19.2 Å². The molecule has 2 heterocycles. The van der Waals surface area contributed by atoms with E-state index in [1.807, 2.05) is 20.8 Å². The van der Waals surface area contributed by atoms with Crippen molar-refractivity contribution in [3.05, 3.63) is 33.1 Å². The van der Waals surface area contributed by atoms with Gasteiger partial charge in [0, 0.05) is 30.3 Å². The average Bonchev–Trinajstić information content (AvgIpc) is 3.06. The van der Waals surface area contributed by atoms with Crippen LogP contribution in [0.2, 0.25) is 0 Å². The molecule has 8 heteroatoms. The Morgan fingerprint density at radius 1 is 1.43 bits per heavy atom. The van der Waals surface area contributed by atoms with Gasteiger partial charge in [0.2, 0.25) is 5.91 Å². The molecular formula is C15H19N3O4S. The third kappa shape index (κ3) is 4.38. The summed E-state index contributed by atoms with van der Waals surface area (Å²) >= 11 is 1.28. The highest BCUT2D eigenvalue weighted by Gasteiger charge is 2.19. The lowest BCUT2D eigenvalue weighted by Gasteiger charge is -2.11. The smallest absolute Gasteiger partial charge is 0.355 e. The van der Waals surface area contributed by atoms with Gasteiger partial charge in [-0.05, 0) is 19.8 Å². The van der Waals surface area contributed by atoms with Gasteiger partial charge in [0.05, 0.1) is 10.7 Å². The lowest BCUT2D eigenvalue weighted by atomic mass is 9.96. The van der Waals surface area contributed by atoms with Crippen LogP contribution >= 0.6 is 11.3 Å². The van der Waals surface area contributed by atoms with E-state index < -0.39 is 5.97 Å². The SMILES string of the molecule is Cc1noc(C)c1C(C)CC(=O)NCCc1nc(C(=O)O)cs1. The molecule has 0 aliphatic rings. The van der Waals surface area contributed by atoms with Crippen molar-refractivity contribution in [2.75, 3.05) is 6.54 Å². The van der Waals surface area contributed by atoms with Gasteiger partial charge in [-0.15, -0.1) is 11.3 Å². The normalized spacial score (nSPS) is 12.1. The molecule has 0 aliphatic carbocycles. The van der Waals surface area contributed by atoms with Crippen LogP contribution in [0.5, 0.6) is 0 Å². The van der Waals surface area contributed by atoms with Crippen LogP contribution in [0, 0.1) is 13.8 Å². The number of carbonyl (C=O) groups excluding carboxylic acids is 1. The Morgan fingerprint density at radius 2 is 2.17 bits per heavy atom. The lowest BCUT2D eigenvalue weighted by Crippen LogP contribution is -2.26. The maximum atomic E-state index is 12.0. The average molecular weight is 337 g/mol. The van der Waals surface area contributed by atoms with Crippen molar-refractivity contribution in [1.29, 1.82) is 0 Å². The van der Waals surface area contributed by atoms with Gasteiger partial charge in [-0.2, -0.15) is 0 Å². The van der Waals surface area contributed by atoms with Crippen molar-refractivity contribution in [1.82, 2.24) is 15.5 Å². The van der Waals surface area contributed by atoms with Crippen LogP contribution in [0.1, 0.15) is 51.8 Å². The topological polar surface area (TPSA) is 105 Å². The van der Waals surface area contributed by atoms with E-state index in [2.05, 4.69) is 15.5 Å². The molecule has 0 saturated heterocycles. The highest BCUT2D eigenvalue weighted by atomic mass is 32.1. The second-order valence-corrected chi connectivity index (χ2v) is 6.32. The van der Waals surface area contributed by atoms with Crippen LogP contribution in [0.15, 0.2) is 9.90 Å². The molecule has 23 heavy (non-hydrogen) atoms. The van der Waals surface area contributed by atoms with E-state index in [0.717, 1.165) is 17.0 Å². The molecule has 2 rings (SSSR count). The predicted molar refractivity (Wildman–Crippen MR) is 84.8 cm³/mol. The number of nitrogens with zero attached hydrogens (tertiary/aromatic N) is 2. The lowest BCUT2D eigenvalue weighted by molar-refractivity contribution is -0.121. The monoisotopic (exact) mass is 337 g/mol. The van der Waals surface area contributed by atoms with E-state index in [0.29, 0.717) is 24.4 Å². The van der Waals surface area contributed by atoms with E-state index in [9.17, 15) is 9.59 Å². The zero-order valence-corrected chi connectivity index (χ0v) is 14.1. The van der Waals surface area contributed by atoms with E-state index in [4.69, 9.17) is 9.63 Å². The summed E-state index contributed by atoms with van der Waals surface area (Å²) in [5.74, 6) is -0.330. The number of aryl methyl sites for hydroxylation is 2. The number of thiazole rings is 1. The van der Waals surface area contributed by atoms with Crippen LogP contribution in [0.25, 0.3) is 0 Å². The summed E-state index contributed by atoms with van der Waals surface area (Å²) in [6.45, 7) is 6.10. The highest BCUT2D eigenvalue weighted by molar-refractivity contribution is 7.09. The summed E-state index contributed by atoms with van der Waals surface area (Å²) in [6.07, 6.45) is 0.866. The maximum absolute atomic E-state index is 12.0. The number of rotatable bonds is 7. The second-order valence-electron chi connectivity index (χ2n) is 5.37. The summed E-state index contributed by atoms with van der Waals surface area (Å²) in [7, 11) is 0. The van der Waals surface area contributed by atoms with E-state index in [-0.39, 0.29) is 17.5 Å². The van der Waals surface area contributed by atoms with Crippen molar-refractivity contribution >= 4 is 23.2 Å². The number of nitrogens with one attached hydrogen (secondary N) is 1. The summed E-state index contributed by atoms with van der Waals surface area (Å²) in [5.41, 5.74) is 1.83. The van der Waals surface area contributed by atoms with Crippen molar-refractivity contribution in [3.8, 4) is 0 Å². The number of amides is 1. The fourth-order valence-corrected chi connectivity index (χ4v) is 3.25. The molecule has 124 valence electrons. The number of aromatic carboxylic acids is 1. The minimum Gasteiger partial charge on any atom is -0.476 e. The molecule has 1 unspecified atom stereocenters. The number of carbonyl (C=O) groups is 2. The minimum absolute atomic E-state index is 0.0275. The van der Waals surface area contributed by atoms with Crippen LogP contribution < -0.4 is 5.32 Å². The Kier molecular flexibility index (Phi) is 5.49. The number of hydrogen-bond donors (Lipinski definition) is 2. The van der Waals surface area contributed by atoms with Gasteiger partial charge < -0.3 is 14.9 Å². The van der Waals surface area contributed by atoms with Gasteiger partial charge in [0.1, 0.15) is 5.76 Å². The maximum Gasteiger partial charge on any atom is 0.355 e. The highest BCUT2D eigenvalue weighted by Crippen LogP contribution is 2.25. The molecule has 1 amide bonds. The van der Waals surface area contributed by atoms with Crippen molar-refractivity contribution in [3.63, 3.8) is 0 Å². The Labute approximate surface area is 137 Å². The molecule has 0 saturated carbocycles. The Morgan fingerprint density at radius 3 is 2.74 bits per heavy atom. The number of carboxylic acids is 1. The largest absolute Gasteiger partial charge is 0.476 e. The van der Waals surface area contributed by atoms with Crippen LogP contribution in [-0.4, -0.2) is 33.7 Å². The van der Waals surface area contributed by atoms with Gasteiger partial charge in [-0.1, -0.05) is 12.1 Å². The molecule has 0 aliphatic heterocycles. The third-order valence-corrected chi connectivity index (χ3v) is 4.41. The molecular weight excluding hydrogens is 318 g/mol. The molecule has 0 bridgehead atoms. The van der Waals surface area contributed by atoms with E-state index in [1.54, 1.807) is 0 Å². The standard InChI is InChI=1S/C15H19N3O4S/c1-8(14-9(2)18-22-10(14)3)6-12(19)16-5-4-13-17-11(7-23-13)15(20)21/h7-8H,4-6H2,1-3H3,(H,16,19)(H,20,21). The molecule has 0 aromatic carbocycles. The van der Waals surface area contributed by atoms with Gasteiger partial charge in [0.25, 0.3) is 0 Å². The van der Waals surface area contributed by atoms with Gasteiger partial charge in [-0.3, -0.25) is 4.79 Å². The summed E-state index contributed by atoms with van der Waals surface area (Å²) in [5, 5.41) is 17.7. The first-order chi connectivity index (χ1) is 10.9. The van der Waals surface area contributed by atoms with Gasteiger partial charge in [-0.25, -0.2) is 9.78 Å². The molecule has 7 nitrogen and oxygen atoms in total. The zero-order valence-electron chi connectivity index (χ0n) is 13.3. The second kappa shape index (κ2) is 7.36. The Bertz CT molecular complexity index is 688. The minimum atomic E-state index is -1.04. The van der Waals surface area contributed by atoms with Crippen LogP contribution in [-0.2, 0) is 11.2 Å². The summed E-state index contributed by atoms with van der Waals surface area (Å²) < 4.78 is 5.12. The molecule has 0 spiro atoms. The Hall–Kier alpha value is -2.22. The molecule has 1 atom stereocenters. The van der Waals surface area contributed by atoms with Crippen molar-refractivity contribution in [2.45, 2.75) is 39.5 Å². The quantitative estimate of drug-likeness (QED) is 0.803. The molecule has 2 aromatic heterocycles. The fraction of sp³-hybridized carbons (Fsp3) is 0.467. The van der Waals surface area contributed by atoms with E-state index in [1.165, 1.54) is 16.7 Å². The molecule has 0 fully saturated rings. The van der Waals surface area contributed by atoms with Crippen LogP contribution in [0.3, 0.4) is 0 Å². The third-order valence-electron chi connectivity index (χ3n) is 3.50. The number of aromatic nitrogens is 2. The van der Waals surface area contributed by atoms with Gasteiger partial charge >= 0.3 is 5.97 Å².